The molecule has 1 aliphatic rings. The molecule has 1 saturated heterocycles. The van der Waals surface area contributed by atoms with Crippen molar-refractivity contribution in [2.45, 2.75) is 31.0 Å². The summed E-state index contributed by atoms with van der Waals surface area (Å²) in [6.07, 6.45) is -3.91. The van der Waals surface area contributed by atoms with E-state index in [1.54, 1.807) is 0 Å². The van der Waals surface area contributed by atoms with Gasteiger partial charge in [0.05, 0.1) is 6.61 Å². The topological polar surface area (TPSA) is 151 Å². The predicted octanol–water partition coefficient (Wildman–Crippen LogP) is -1.37. The van der Waals surface area contributed by atoms with Crippen molar-refractivity contribution < 1.29 is 33.1 Å². The van der Waals surface area contributed by atoms with Crippen LogP contribution < -0.4 is 11.2 Å². The number of phosphoric ester groups is 1. The lowest BCUT2D eigenvalue weighted by Gasteiger charge is -2.27. The second-order valence-electron chi connectivity index (χ2n) is 4.89. The molecule has 2 heterocycles. The number of halogens is 1. The lowest BCUT2D eigenvalue weighted by Crippen LogP contribution is -2.44. The average Bonchev–Trinajstić information content (AvgIpc) is 2.60. The van der Waals surface area contributed by atoms with Gasteiger partial charge in [0.2, 0.25) is 0 Å². The predicted molar refractivity (Wildman–Crippen MR) is 68.7 cm³/mol. The van der Waals surface area contributed by atoms with E-state index in [4.69, 9.17) is 14.5 Å². The molecular weight excluding hydrogens is 326 g/mol. The van der Waals surface area contributed by atoms with Gasteiger partial charge in [-0.2, -0.15) is 0 Å². The van der Waals surface area contributed by atoms with E-state index in [9.17, 15) is 23.7 Å². The van der Waals surface area contributed by atoms with Crippen molar-refractivity contribution in [3.8, 4) is 0 Å². The van der Waals surface area contributed by atoms with Gasteiger partial charge in [0.1, 0.15) is 12.2 Å². The number of nitrogens with one attached hydrogen (secondary N) is 1. The lowest BCUT2D eigenvalue weighted by molar-refractivity contribution is -0.0611. The van der Waals surface area contributed by atoms with Crippen LogP contribution in [0.2, 0.25) is 0 Å². The average molecular weight is 340 g/mol. The molecule has 0 aromatic carbocycles. The minimum Gasteiger partial charge on any atom is -0.394 e. The first-order valence-electron chi connectivity index (χ1n) is 6.07. The Kier molecular flexibility index (Phi) is 4.39. The molecular formula is C10H14FN2O8P. The van der Waals surface area contributed by atoms with Crippen molar-refractivity contribution in [2.24, 2.45) is 0 Å². The van der Waals surface area contributed by atoms with Gasteiger partial charge in [0.25, 0.3) is 5.56 Å². The third-order valence-corrected chi connectivity index (χ3v) is 3.72. The number of aromatic nitrogens is 2. The van der Waals surface area contributed by atoms with Crippen LogP contribution in [0.15, 0.2) is 21.9 Å². The summed E-state index contributed by atoms with van der Waals surface area (Å²) >= 11 is 0. The molecule has 4 N–H and O–H groups in total. The van der Waals surface area contributed by atoms with Gasteiger partial charge in [0, 0.05) is 12.3 Å². The van der Waals surface area contributed by atoms with Crippen LogP contribution in [0.25, 0.3) is 0 Å². The van der Waals surface area contributed by atoms with Crippen LogP contribution >= 0.6 is 7.82 Å². The number of ether oxygens (including phenoxy) is 1. The molecule has 22 heavy (non-hydrogen) atoms. The molecule has 1 aromatic rings. The van der Waals surface area contributed by atoms with E-state index in [-0.39, 0.29) is 0 Å². The van der Waals surface area contributed by atoms with Crippen LogP contribution in [0.1, 0.15) is 13.2 Å². The normalized spacial score (nSPS) is 32.3. The molecule has 0 aliphatic carbocycles. The summed E-state index contributed by atoms with van der Waals surface area (Å²) in [7, 11) is -5.06. The number of aliphatic hydroxyl groups excluding tert-OH is 1. The van der Waals surface area contributed by atoms with Crippen LogP contribution in [0, 0.1) is 0 Å². The quantitative estimate of drug-likeness (QED) is 0.490. The molecule has 1 fully saturated rings. The number of aliphatic hydroxyl groups is 1. The number of hydrogen-bond acceptors (Lipinski definition) is 6. The Morgan fingerprint density at radius 2 is 2.18 bits per heavy atom. The molecule has 0 spiro atoms. The van der Waals surface area contributed by atoms with Crippen LogP contribution in [0.4, 0.5) is 4.39 Å². The Labute approximate surface area is 122 Å². The van der Waals surface area contributed by atoms with Gasteiger partial charge < -0.3 is 19.6 Å². The monoisotopic (exact) mass is 340 g/mol. The zero-order valence-corrected chi connectivity index (χ0v) is 12.1. The smallest absolute Gasteiger partial charge is 0.394 e. The maximum Gasteiger partial charge on any atom is 0.470 e. The molecule has 0 unspecified atom stereocenters. The number of hydrogen-bond donors (Lipinski definition) is 4. The number of nitrogens with zero attached hydrogens (tertiary/aromatic N) is 1. The summed E-state index contributed by atoms with van der Waals surface area (Å²) in [6.45, 7) is 0.115. The summed E-state index contributed by atoms with van der Waals surface area (Å²) in [6, 6.07) is 0.950. The number of rotatable bonds is 4. The zero-order valence-electron chi connectivity index (χ0n) is 11.2. The molecule has 0 saturated carbocycles. The van der Waals surface area contributed by atoms with Gasteiger partial charge in [-0.3, -0.25) is 18.9 Å². The third-order valence-electron chi connectivity index (χ3n) is 3.22. The summed E-state index contributed by atoms with van der Waals surface area (Å²) in [5.41, 5.74) is -4.24. The molecule has 10 nitrogen and oxygen atoms in total. The van der Waals surface area contributed by atoms with Crippen molar-refractivity contribution in [3.63, 3.8) is 0 Å². The van der Waals surface area contributed by atoms with E-state index in [0.717, 1.165) is 19.2 Å². The molecule has 4 atom stereocenters. The van der Waals surface area contributed by atoms with E-state index in [0.29, 0.717) is 4.57 Å². The highest BCUT2D eigenvalue weighted by Crippen LogP contribution is 2.49. The number of alkyl halides is 1. The highest BCUT2D eigenvalue weighted by Gasteiger charge is 2.58. The Morgan fingerprint density at radius 1 is 1.55 bits per heavy atom. The van der Waals surface area contributed by atoms with Gasteiger partial charge in [-0.05, 0) is 6.92 Å². The fourth-order valence-corrected chi connectivity index (χ4v) is 2.92. The first kappa shape index (κ1) is 17.0. The molecule has 12 heteroatoms. The standard InChI is InChI=1S/C10H14FN2O8P/c1-10(11)7(21-22(17,18)19)5(4-14)20-8(10)13-3-2-6(15)12-9(13)16/h2-3,5,7-8,14H,4H2,1H3,(H,12,15,16)(H2,17,18,19)/t5-,7-,8-,10-/m1/s1. The number of H-pyrrole nitrogens is 1. The highest BCUT2D eigenvalue weighted by atomic mass is 31.2. The summed E-state index contributed by atoms with van der Waals surface area (Å²) < 4.78 is 36.1. The van der Waals surface area contributed by atoms with Crippen LogP contribution in [0.3, 0.4) is 0 Å². The van der Waals surface area contributed by atoms with Gasteiger partial charge in [-0.1, -0.05) is 0 Å². The third kappa shape index (κ3) is 3.19. The summed E-state index contributed by atoms with van der Waals surface area (Å²) in [5.74, 6) is 0. The van der Waals surface area contributed by atoms with Gasteiger partial charge in [-0.25, -0.2) is 13.8 Å². The minimum atomic E-state index is -5.06. The maximum atomic E-state index is 14.9. The second-order valence-corrected chi connectivity index (χ2v) is 6.09. The van der Waals surface area contributed by atoms with Crippen molar-refractivity contribution in [1.29, 1.82) is 0 Å². The molecule has 0 bridgehead atoms. The molecule has 124 valence electrons. The SMILES string of the molecule is C[C@@]1(F)[C@H](OP(=O)(O)O)[C@@H](CO)O[C@H]1n1ccc(=O)[nH]c1=O. The van der Waals surface area contributed by atoms with E-state index >= 15 is 0 Å². The van der Waals surface area contributed by atoms with Crippen LogP contribution in [0.5, 0.6) is 0 Å². The van der Waals surface area contributed by atoms with E-state index in [2.05, 4.69) is 4.52 Å². The maximum absolute atomic E-state index is 14.9. The zero-order chi connectivity index (χ0) is 16.7. The van der Waals surface area contributed by atoms with Gasteiger partial charge in [0.15, 0.2) is 11.9 Å². The van der Waals surface area contributed by atoms with E-state index < -0.39 is 49.8 Å². The molecule has 2 rings (SSSR count). The molecule has 1 aromatic heterocycles. The van der Waals surface area contributed by atoms with Crippen LogP contribution in [-0.4, -0.2) is 48.9 Å². The fourth-order valence-electron chi connectivity index (χ4n) is 2.28. The van der Waals surface area contributed by atoms with Crippen molar-refractivity contribution in [3.05, 3.63) is 33.1 Å². The Balaban J connectivity index is 2.44. The second kappa shape index (κ2) is 5.69. The van der Waals surface area contributed by atoms with Gasteiger partial charge >= 0.3 is 13.5 Å². The largest absolute Gasteiger partial charge is 0.470 e. The van der Waals surface area contributed by atoms with E-state index in [1.807, 2.05) is 4.98 Å². The number of phosphoric acid groups is 1. The Hall–Kier alpha value is -1.36. The molecule has 0 amide bonds. The first-order valence-corrected chi connectivity index (χ1v) is 7.60. The lowest BCUT2D eigenvalue weighted by atomic mass is 9.98. The van der Waals surface area contributed by atoms with Gasteiger partial charge in [-0.15, -0.1) is 0 Å². The Morgan fingerprint density at radius 3 is 2.68 bits per heavy atom. The molecule has 1 aliphatic heterocycles. The van der Waals surface area contributed by atoms with Crippen LogP contribution in [-0.2, 0) is 13.8 Å². The van der Waals surface area contributed by atoms with E-state index in [1.165, 1.54) is 0 Å². The summed E-state index contributed by atoms with van der Waals surface area (Å²) in [5, 5.41) is 9.17. The fraction of sp³-hybridized carbons (Fsp3) is 0.600. The highest BCUT2D eigenvalue weighted by molar-refractivity contribution is 7.46. The minimum absolute atomic E-state index is 0.701. The first-order chi connectivity index (χ1) is 10.1. The number of aromatic amines is 1. The van der Waals surface area contributed by atoms with Crippen molar-refractivity contribution >= 4 is 7.82 Å². The Bertz CT molecular complexity index is 709. The van der Waals surface area contributed by atoms with Crippen molar-refractivity contribution in [1.82, 2.24) is 9.55 Å². The molecule has 0 radical (unpaired) electrons. The summed E-state index contributed by atoms with van der Waals surface area (Å²) in [4.78, 5) is 42.3. The van der Waals surface area contributed by atoms with Crippen molar-refractivity contribution in [2.75, 3.05) is 6.61 Å².